The van der Waals surface area contributed by atoms with Gasteiger partial charge in [-0.25, -0.2) is 4.79 Å². The van der Waals surface area contributed by atoms with Gasteiger partial charge in [0.1, 0.15) is 17.4 Å². The maximum absolute atomic E-state index is 12.4. The van der Waals surface area contributed by atoms with Crippen LogP contribution >= 0.6 is 0 Å². The second kappa shape index (κ2) is 8.29. The van der Waals surface area contributed by atoms with Crippen LogP contribution in [0.1, 0.15) is 44.4 Å². The van der Waals surface area contributed by atoms with Crippen molar-refractivity contribution in [1.29, 1.82) is 0 Å². The Labute approximate surface area is 159 Å². The molecule has 1 atom stereocenters. The van der Waals surface area contributed by atoms with Gasteiger partial charge in [-0.05, 0) is 50.8 Å². The zero-order chi connectivity index (χ0) is 20.3. The maximum Gasteiger partial charge on any atom is 0.326 e. The predicted octanol–water partition coefficient (Wildman–Crippen LogP) is 4.08. The van der Waals surface area contributed by atoms with Crippen molar-refractivity contribution in [2.24, 2.45) is 5.92 Å². The van der Waals surface area contributed by atoms with Crippen molar-refractivity contribution in [2.75, 3.05) is 6.61 Å². The van der Waals surface area contributed by atoms with Gasteiger partial charge in [0.15, 0.2) is 0 Å². The Hall–Kier alpha value is -2.76. The van der Waals surface area contributed by atoms with Crippen LogP contribution in [0.15, 0.2) is 22.8 Å². The minimum Gasteiger partial charge on any atom is -0.493 e. The summed E-state index contributed by atoms with van der Waals surface area (Å²) in [5.74, 6) is -1.05. The SMILES string of the molecule is CCOc1c(/C(C)=C/C(=O)NC(C(=O)O)C(C)C)cc2c(C)coc2c1C. The van der Waals surface area contributed by atoms with E-state index in [1.807, 2.05) is 33.8 Å². The van der Waals surface area contributed by atoms with E-state index in [1.54, 1.807) is 20.1 Å². The van der Waals surface area contributed by atoms with Gasteiger partial charge in [-0.1, -0.05) is 13.8 Å². The van der Waals surface area contributed by atoms with Crippen molar-refractivity contribution in [3.8, 4) is 5.75 Å². The maximum atomic E-state index is 12.4. The zero-order valence-corrected chi connectivity index (χ0v) is 16.7. The highest BCUT2D eigenvalue weighted by Crippen LogP contribution is 2.37. The highest BCUT2D eigenvalue weighted by atomic mass is 16.5. The highest BCUT2D eigenvalue weighted by molar-refractivity contribution is 5.99. The van der Waals surface area contributed by atoms with Gasteiger partial charge in [0.05, 0.1) is 12.9 Å². The molecule has 0 aliphatic heterocycles. The summed E-state index contributed by atoms with van der Waals surface area (Å²) >= 11 is 0. The van der Waals surface area contributed by atoms with Gasteiger partial charge in [0, 0.05) is 22.6 Å². The number of carbonyl (C=O) groups excluding carboxylic acids is 1. The lowest BCUT2D eigenvalue weighted by atomic mass is 9.98. The summed E-state index contributed by atoms with van der Waals surface area (Å²) in [6.45, 7) is 11.6. The van der Waals surface area contributed by atoms with Crippen LogP contribution < -0.4 is 10.1 Å². The Bertz CT molecular complexity index is 892. The molecular formula is C21H27NO5. The van der Waals surface area contributed by atoms with Crippen LogP contribution in [0.25, 0.3) is 16.5 Å². The molecular weight excluding hydrogens is 346 g/mol. The number of carboxylic acids is 1. The number of aryl methyl sites for hydroxylation is 2. The summed E-state index contributed by atoms with van der Waals surface area (Å²) in [6, 6.07) is 1.01. The molecule has 1 amide bonds. The topological polar surface area (TPSA) is 88.8 Å². The van der Waals surface area contributed by atoms with Crippen LogP contribution in [0.5, 0.6) is 5.75 Å². The average Bonchev–Trinajstić information content (AvgIpc) is 2.95. The van der Waals surface area contributed by atoms with E-state index < -0.39 is 17.9 Å². The van der Waals surface area contributed by atoms with Gasteiger partial charge < -0.3 is 19.6 Å². The van der Waals surface area contributed by atoms with Gasteiger partial charge in [-0.15, -0.1) is 0 Å². The number of rotatable bonds is 7. The van der Waals surface area contributed by atoms with E-state index in [-0.39, 0.29) is 5.92 Å². The predicted molar refractivity (Wildman–Crippen MR) is 105 cm³/mol. The fourth-order valence-electron chi connectivity index (χ4n) is 3.04. The van der Waals surface area contributed by atoms with E-state index >= 15 is 0 Å². The molecule has 1 heterocycles. The van der Waals surface area contributed by atoms with Gasteiger partial charge in [0.25, 0.3) is 0 Å². The molecule has 0 aliphatic rings. The molecule has 1 unspecified atom stereocenters. The van der Waals surface area contributed by atoms with E-state index in [1.165, 1.54) is 6.08 Å². The minimum absolute atomic E-state index is 0.216. The summed E-state index contributed by atoms with van der Waals surface area (Å²) < 4.78 is 11.5. The van der Waals surface area contributed by atoms with Crippen molar-refractivity contribution in [2.45, 2.75) is 47.6 Å². The molecule has 2 aromatic rings. The molecule has 1 aromatic carbocycles. The van der Waals surface area contributed by atoms with Crippen LogP contribution in [0, 0.1) is 19.8 Å². The van der Waals surface area contributed by atoms with E-state index in [2.05, 4.69) is 5.32 Å². The lowest BCUT2D eigenvalue weighted by Gasteiger charge is -2.18. The molecule has 2 rings (SSSR count). The molecule has 0 fully saturated rings. The number of allylic oxidation sites excluding steroid dienone is 1. The first kappa shape index (κ1) is 20.6. The van der Waals surface area contributed by atoms with Crippen molar-refractivity contribution in [1.82, 2.24) is 5.32 Å². The van der Waals surface area contributed by atoms with Crippen molar-refractivity contribution in [3.05, 3.63) is 35.1 Å². The molecule has 0 saturated heterocycles. The Balaban J connectivity index is 2.45. The van der Waals surface area contributed by atoms with Crippen LogP contribution in [-0.2, 0) is 9.59 Å². The lowest BCUT2D eigenvalue weighted by Crippen LogP contribution is -2.43. The molecule has 0 bridgehead atoms. The largest absolute Gasteiger partial charge is 0.493 e. The Kier molecular flexibility index (Phi) is 6.31. The molecule has 146 valence electrons. The fraction of sp³-hybridized carbons (Fsp3) is 0.429. The van der Waals surface area contributed by atoms with E-state index in [9.17, 15) is 14.7 Å². The summed E-state index contributed by atoms with van der Waals surface area (Å²) in [6.07, 6.45) is 3.11. The fourth-order valence-corrected chi connectivity index (χ4v) is 3.04. The third kappa shape index (κ3) is 4.32. The standard InChI is InChI=1S/C21H27NO5/c1-7-26-19-14(6)20-16(13(5)10-27-20)9-15(19)12(4)8-17(23)22-18(11(2)3)21(24)25/h8-11,18H,7H2,1-6H3,(H,22,23)(H,24,25)/b12-8+. The third-order valence-corrected chi connectivity index (χ3v) is 4.53. The first-order chi connectivity index (χ1) is 12.7. The minimum atomic E-state index is -1.05. The third-order valence-electron chi connectivity index (χ3n) is 4.53. The van der Waals surface area contributed by atoms with E-state index in [4.69, 9.17) is 9.15 Å². The number of benzene rings is 1. The molecule has 0 spiro atoms. The Morgan fingerprint density at radius 1 is 1.33 bits per heavy atom. The van der Waals surface area contributed by atoms with Gasteiger partial charge in [0.2, 0.25) is 5.91 Å². The van der Waals surface area contributed by atoms with Crippen LogP contribution in [0.2, 0.25) is 0 Å². The normalized spacial score (nSPS) is 13.1. The Morgan fingerprint density at radius 2 is 2.00 bits per heavy atom. The number of nitrogens with one attached hydrogen (secondary N) is 1. The molecule has 0 saturated carbocycles. The number of furan rings is 1. The number of aliphatic carboxylic acids is 1. The van der Waals surface area contributed by atoms with Crippen LogP contribution in [0.3, 0.4) is 0 Å². The van der Waals surface area contributed by atoms with Crippen molar-refractivity contribution in [3.63, 3.8) is 0 Å². The average molecular weight is 373 g/mol. The monoisotopic (exact) mass is 373 g/mol. The number of fused-ring (bicyclic) bond motifs is 1. The van der Waals surface area contributed by atoms with Gasteiger partial charge in [-0.2, -0.15) is 0 Å². The molecule has 0 aliphatic carbocycles. The van der Waals surface area contributed by atoms with Crippen LogP contribution in [-0.4, -0.2) is 29.6 Å². The summed E-state index contributed by atoms with van der Waals surface area (Å²) in [7, 11) is 0. The molecule has 6 heteroatoms. The quantitative estimate of drug-likeness (QED) is 0.714. The summed E-state index contributed by atoms with van der Waals surface area (Å²) in [5.41, 5.74) is 4.12. The zero-order valence-electron chi connectivity index (χ0n) is 16.7. The molecule has 27 heavy (non-hydrogen) atoms. The second-order valence-electron chi connectivity index (χ2n) is 7.00. The Morgan fingerprint density at radius 3 is 2.56 bits per heavy atom. The highest BCUT2D eigenvalue weighted by Gasteiger charge is 2.23. The van der Waals surface area contributed by atoms with Crippen molar-refractivity contribution < 1.29 is 23.8 Å². The molecule has 6 nitrogen and oxygen atoms in total. The molecule has 0 radical (unpaired) electrons. The number of carbonyl (C=O) groups is 2. The summed E-state index contributed by atoms with van der Waals surface area (Å²) in [4.78, 5) is 23.7. The molecule has 1 aromatic heterocycles. The number of amides is 1. The van der Waals surface area contributed by atoms with Gasteiger partial charge >= 0.3 is 5.97 Å². The van der Waals surface area contributed by atoms with Crippen molar-refractivity contribution >= 4 is 28.4 Å². The number of hydrogen-bond donors (Lipinski definition) is 2. The number of carboxylic acid groups (broad SMARTS) is 1. The van der Waals surface area contributed by atoms with Crippen LogP contribution in [0.4, 0.5) is 0 Å². The lowest BCUT2D eigenvalue weighted by molar-refractivity contribution is -0.142. The first-order valence-electron chi connectivity index (χ1n) is 9.03. The van der Waals surface area contributed by atoms with E-state index in [0.717, 1.165) is 27.7 Å². The smallest absolute Gasteiger partial charge is 0.326 e. The van der Waals surface area contributed by atoms with Gasteiger partial charge in [-0.3, -0.25) is 4.79 Å². The van der Waals surface area contributed by atoms with E-state index in [0.29, 0.717) is 17.9 Å². The second-order valence-corrected chi connectivity index (χ2v) is 7.00. The first-order valence-corrected chi connectivity index (χ1v) is 9.03. The number of ether oxygens (including phenoxy) is 1. The number of hydrogen-bond acceptors (Lipinski definition) is 4. The molecule has 2 N–H and O–H groups in total. The summed E-state index contributed by atoms with van der Waals surface area (Å²) in [5, 5.41) is 12.8.